The Morgan fingerprint density at radius 1 is 1.00 bits per heavy atom. The predicted octanol–water partition coefficient (Wildman–Crippen LogP) is 4.69. The Kier molecular flexibility index (Phi) is 3.57. The quantitative estimate of drug-likeness (QED) is 0.667. The van der Waals surface area contributed by atoms with Crippen LogP contribution in [0.4, 0.5) is 10.1 Å². The number of rotatable bonds is 2. The van der Waals surface area contributed by atoms with Crippen molar-refractivity contribution in [3.63, 3.8) is 0 Å². The van der Waals surface area contributed by atoms with Gasteiger partial charge >= 0.3 is 0 Å². The first kappa shape index (κ1) is 15.9. The molecule has 0 N–H and O–H groups in total. The number of hydrogen-bond donors (Lipinski definition) is 0. The summed E-state index contributed by atoms with van der Waals surface area (Å²) in [6, 6.07) is 13.9. The fourth-order valence-electron chi connectivity index (χ4n) is 4.37. The van der Waals surface area contributed by atoms with E-state index in [0.29, 0.717) is 10.8 Å². The second kappa shape index (κ2) is 5.85. The smallest absolute Gasteiger partial charge is 0.132 e. The van der Waals surface area contributed by atoms with E-state index < -0.39 is 0 Å². The highest BCUT2D eigenvalue weighted by Crippen LogP contribution is 2.39. The number of piperidine rings is 1. The van der Waals surface area contributed by atoms with Crippen molar-refractivity contribution in [2.45, 2.75) is 19.8 Å². The molecule has 134 valence electrons. The van der Waals surface area contributed by atoms with E-state index in [4.69, 9.17) is 4.74 Å². The van der Waals surface area contributed by atoms with Crippen LogP contribution in [0.15, 0.2) is 48.7 Å². The van der Waals surface area contributed by atoms with Crippen LogP contribution in [-0.4, -0.2) is 30.9 Å². The molecule has 0 saturated carbocycles. The predicted molar refractivity (Wildman–Crippen MR) is 103 cm³/mol. The average molecular weight is 350 g/mol. The molecular formula is C22H23FN2O. The number of hydrogen-bond acceptors (Lipinski definition) is 2. The van der Waals surface area contributed by atoms with E-state index in [-0.39, 0.29) is 5.82 Å². The Balaban J connectivity index is 1.48. The summed E-state index contributed by atoms with van der Waals surface area (Å²) in [6.07, 6.45) is 4.37. The lowest BCUT2D eigenvalue weighted by Gasteiger charge is -2.47. The summed E-state index contributed by atoms with van der Waals surface area (Å²) >= 11 is 0. The van der Waals surface area contributed by atoms with E-state index in [9.17, 15) is 4.39 Å². The van der Waals surface area contributed by atoms with Crippen LogP contribution in [-0.2, 0) is 4.74 Å². The molecule has 2 aromatic carbocycles. The lowest BCUT2D eigenvalue weighted by Crippen LogP contribution is -2.50. The molecule has 2 aliphatic heterocycles. The van der Waals surface area contributed by atoms with Gasteiger partial charge in [0.1, 0.15) is 5.82 Å². The van der Waals surface area contributed by atoms with Crippen LogP contribution >= 0.6 is 0 Å². The van der Waals surface area contributed by atoms with E-state index in [0.717, 1.165) is 43.1 Å². The maximum absolute atomic E-state index is 14.1. The molecule has 3 nitrogen and oxygen atoms in total. The monoisotopic (exact) mass is 350 g/mol. The lowest BCUT2D eigenvalue weighted by molar-refractivity contribution is -0.124. The highest BCUT2D eigenvalue weighted by Gasteiger charge is 2.41. The van der Waals surface area contributed by atoms with Crippen molar-refractivity contribution in [2.75, 3.05) is 31.2 Å². The van der Waals surface area contributed by atoms with Gasteiger partial charge < -0.3 is 14.2 Å². The molecule has 26 heavy (non-hydrogen) atoms. The van der Waals surface area contributed by atoms with Gasteiger partial charge in [-0.05, 0) is 55.7 Å². The number of halogens is 1. The van der Waals surface area contributed by atoms with Gasteiger partial charge in [-0.2, -0.15) is 0 Å². The number of nitrogens with zero attached hydrogens (tertiary/aromatic N) is 2. The van der Waals surface area contributed by atoms with Crippen molar-refractivity contribution in [3.05, 3.63) is 60.0 Å². The molecule has 1 spiro atoms. The molecule has 3 heterocycles. The SMILES string of the molecule is Cc1ccc(F)c2ccn(-c3cccc(N4CCC5(CC4)COC5)c3)c12. The van der Waals surface area contributed by atoms with Gasteiger partial charge in [0, 0.05) is 41.5 Å². The zero-order valence-electron chi connectivity index (χ0n) is 15.0. The number of aromatic nitrogens is 1. The third-order valence-corrected chi connectivity index (χ3v) is 6.11. The van der Waals surface area contributed by atoms with Gasteiger partial charge in [-0.1, -0.05) is 12.1 Å². The molecule has 0 bridgehead atoms. The first-order valence-corrected chi connectivity index (χ1v) is 9.35. The van der Waals surface area contributed by atoms with Crippen LogP contribution in [0.5, 0.6) is 0 Å². The summed E-state index contributed by atoms with van der Waals surface area (Å²) in [5, 5.41) is 0.681. The number of ether oxygens (including phenoxy) is 1. The van der Waals surface area contributed by atoms with Crippen LogP contribution in [0.25, 0.3) is 16.6 Å². The maximum Gasteiger partial charge on any atom is 0.132 e. The first-order chi connectivity index (χ1) is 12.7. The minimum Gasteiger partial charge on any atom is -0.380 e. The van der Waals surface area contributed by atoms with Crippen LogP contribution in [0.2, 0.25) is 0 Å². The highest BCUT2D eigenvalue weighted by molar-refractivity contribution is 5.85. The van der Waals surface area contributed by atoms with Gasteiger partial charge in [-0.3, -0.25) is 0 Å². The van der Waals surface area contributed by atoms with E-state index >= 15 is 0 Å². The summed E-state index contributed by atoms with van der Waals surface area (Å²) < 4.78 is 21.7. The zero-order chi connectivity index (χ0) is 17.7. The molecule has 5 rings (SSSR count). The number of fused-ring (bicyclic) bond motifs is 1. The van der Waals surface area contributed by atoms with Gasteiger partial charge in [0.25, 0.3) is 0 Å². The Morgan fingerprint density at radius 2 is 1.77 bits per heavy atom. The Bertz CT molecular complexity index is 963. The average Bonchev–Trinajstić information content (AvgIpc) is 3.10. The van der Waals surface area contributed by atoms with Crippen LogP contribution < -0.4 is 4.90 Å². The normalized spacial score (nSPS) is 19.1. The second-order valence-corrected chi connectivity index (χ2v) is 7.81. The fraction of sp³-hybridized carbons (Fsp3) is 0.364. The van der Waals surface area contributed by atoms with Gasteiger partial charge in [0.15, 0.2) is 0 Å². The fourth-order valence-corrected chi connectivity index (χ4v) is 4.37. The minimum atomic E-state index is -0.162. The summed E-state index contributed by atoms with van der Waals surface area (Å²) in [6.45, 7) is 6.05. The molecule has 0 atom stereocenters. The zero-order valence-corrected chi connectivity index (χ0v) is 15.0. The standard InChI is InChI=1S/C22H23FN2O/c1-16-5-6-20(23)19-7-10-25(21(16)19)18-4-2-3-17(13-18)24-11-8-22(9-12-24)14-26-15-22/h2-7,10,13H,8-9,11-12,14-15H2,1H3. The van der Waals surface area contributed by atoms with Crippen molar-refractivity contribution in [1.29, 1.82) is 0 Å². The third kappa shape index (κ3) is 2.43. The van der Waals surface area contributed by atoms with E-state index in [1.54, 1.807) is 6.07 Å². The van der Waals surface area contributed by atoms with Gasteiger partial charge in [0.2, 0.25) is 0 Å². The number of anilines is 1. The highest BCUT2D eigenvalue weighted by atomic mass is 19.1. The van der Waals surface area contributed by atoms with Crippen molar-refractivity contribution in [3.8, 4) is 5.69 Å². The van der Waals surface area contributed by atoms with Gasteiger partial charge in [-0.25, -0.2) is 4.39 Å². The molecule has 0 amide bonds. The van der Waals surface area contributed by atoms with Crippen LogP contribution in [0, 0.1) is 18.2 Å². The van der Waals surface area contributed by atoms with E-state index in [1.165, 1.54) is 18.5 Å². The molecule has 0 radical (unpaired) electrons. The molecule has 1 aromatic heterocycles. The van der Waals surface area contributed by atoms with Crippen molar-refractivity contribution in [2.24, 2.45) is 5.41 Å². The van der Waals surface area contributed by atoms with Crippen molar-refractivity contribution >= 4 is 16.6 Å². The maximum atomic E-state index is 14.1. The molecular weight excluding hydrogens is 327 g/mol. The summed E-state index contributed by atoms with van der Waals surface area (Å²) in [7, 11) is 0. The number of aryl methyl sites for hydroxylation is 1. The molecule has 2 aliphatic rings. The van der Waals surface area contributed by atoms with Crippen molar-refractivity contribution in [1.82, 2.24) is 4.57 Å². The largest absolute Gasteiger partial charge is 0.380 e. The van der Waals surface area contributed by atoms with Gasteiger partial charge in [-0.15, -0.1) is 0 Å². The Labute approximate surface area is 153 Å². The second-order valence-electron chi connectivity index (χ2n) is 7.81. The van der Waals surface area contributed by atoms with Crippen molar-refractivity contribution < 1.29 is 9.13 Å². The van der Waals surface area contributed by atoms with Crippen LogP contribution in [0.1, 0.15) is 18.4 Å². The topological polar surface area (TPSA) is 17.4 Å². The Hall–Kier alpha value is -2.33. The molecule has 2 saturated heterocycles. The van der Waals surface area contributed by atoms with Gasteiger partial charge in [0.05, 0.1) is 18.7 Å². The summed E-state index contributed by atoms with van der Waals surface area (Å²) in [5.74, 6) is -0.162. The molecule has 3 aromatic rings. The minimum absolute atomic E-state index is 0.162. The molecule has 2 fully saturated rings. The summed E-state index contributed by atoms with van der Waals surface area (Å²) in [4.78, 5) is 2.46. The molecule has 4 heteroatoms. The third-order valence-electron chi connectivity index (χ3n) is 6.11. The Morgan fingerprint density at radius 3 is 2.50 bits per heavy atom. The van der Waals surface area contributed by atoms with E-state index in [1.807, 2.05) is 25.3 Å². The molecule has 0 aliphatic carbocycles. The summed E-state index contributed by atoms with van der Waals surface area (Å²) in [5.41, 5.74) is 4.80. The number of benzene rings is 2. The van der Waals surface area contributed by atoms with Crippen LogP contribution in [0.3, 0.4) is 0 Å². The van der Waals surface area contributed by atoms with E-state index in [2.05, 4.69) is 33.7 Å². The lowest BCUT2D eigenvalue weighted by atomic mass is 9.77. The first-order valence-electron chi connectivity index (χ1n) is 9.35. The molecule has 0 unspecified atom stereocenters.